The summed E-state index contributed by atoms with van der Waals surface area (Å²) in [6.07, 6.45) is 2.22. The standard InChI is InChI=1S/C25H26Cl2N4O3/c1-16(24(33)8-4-18-3-6-21(26)22(27)13-18)31-15-28-23-7-5-19(14-20(23)25(31)34)30-11-9-29(10-12-30)17(2)32/h3,5-7,13-16H,4,8-12H2,1-2H3. The van der Waals surface area contributed by atoms with Crippen LogP contribution in [0.3, 0.4) is 0 Å². The highest BCUT2D eigenvalue weighted by Gasteiger charge is 2.21. The second-order valence-corrected chi connectivity index (χ2v) is 9.36. The number of halogens is 2. The minimum Gasteiger partial charge on any atom is -0.368 e. The Morgan fingerprint density at radius 2 is 1.76 bits per heavy atom. The highest BCUT2D eigenvalue weighted by Crippen LogP contribution is 2.24. The van der Waals surface area contributed by atoms with Gasteiger partial charge in [0.2, 0.25) is 5.91 Å². The lowest BCUT2D eigenvalue weighted by atomic mass is 10.0. The van der Waals surface area contributed by atoms with E-state index in [0.717, 1.165) is 11.3 Å². The number of piperazine rings is 1. The van der Waals surface area contributed by atoms with Gasteiger partial charge in [-0.1, -0.05) is 29.3 Å². The summed E-state index contributed by atoms with van der Waals surface area (Å²) in [6, 6.07) is 10.3. The van der Waals surface area contributed by atoms with Crippen molar-refractivity contribution in [1.82, 2.24) is 14.5 Å². The molecule has 34 heavy (non-hydrogen) atoms. The van der Waals surface area contributed by atoms with Crippen molar-refractivity contribution in [2.24, 2.45) is 0 Å². The van der Waals surface area contributed by atoms with Crippen molar-refractivity contribution in [2.45, 2.75) is 32.7 Å². The molecule has 1 unspecified atom stereocenters. The third kappa shape index (κ3) is 5.10. The highest BCUT2D eigenvalue weighted by molar-refractivity contribution is 6.42. The molecule has 7 nitrogen and oxygen atoms in total. The number of Topliss-reactive ketones (excluding diaryl/α,β-unsaturated/α-hetero) is 1. The van der Waals surface area contributed by atoms with Crippen molar-refractivity contribution in [2.75, 3.05) is 31.1 Å². The van der Waals surface area contributed by atoms with E-state index in [-0.39, 0.29) is 23.7 Å². The van der Waals surface area contributed by atoms with Gasteiger partial charge in [0.1, 0.15) is 0 Å². The molecule has 1 amide bonds. The molecule has 2 aromatic carbocycles. The predicted octanol–water partition coefficient (Wildman–Crippen LogP) is 4.13. The fraction of sp³-hybridized carbons (Fsp3) is 0.360. The lowest BCUT2D eigenvalue weighted by Crippen LogP contribution is -2.48. The smallest absolute Gasteiger partial charge is 0.261 e. The number of anilines is 1. The number of rotatable bonds is 6. The molecule has 0 spiro atoms. The van der Waals surface area contributed by atoms with E-state index in [1.165, 1.54) is 10.9 Å². The minimum absolute atomic E-state index is 0.0640. The molecule has 178 valence electrons. The van der Waals surface area contributed by atoms with Crippen LogP contribution in [0.4, 0.5) is 5.69 Å². The average Bonchev–Trinajstić information content (AvgIpc) is 2.84. The number of carbonyl (C=O) groups excluding carboxylic acids is 2. The molecule has 0 saturated carbocycles. The van der Waals surface area contributed by atoms with E-state index in [1.54, 1.807) is 26.0 Å². The van der Waals surface area contributed by atoms with Crippen LogP contribution in [0.2, 0.25) is 10.0 Å². The van der Waals surface area contributed by atoms with Crippen LogP contribution in [-0.4, -0.2) is 52.3 Å². The lowest BCUT2D eigenvalue weighted by Gasteiger charge is -2.35. The Labute approximate surface area is 207 Å². The molecular formula is C25H26Cl2N4O3. The first-order valence-corrected chi connectivity index (χ1v) is 12.0. The average molecular weight is 501 g/mol. The Morgan fingerprint density at radius 1 is 1.03 bits per heavy atom. The van der Waals surface area contributed by atoms with Gasteiger partial charge in [0.25, 0.3) is 5.56 Å². The zero-order valence-corrected chi connectivity index (χ0v) is 20.6. The first-order chi connectivity index (χ1) is 16.2. The van der Waals surface area contributed by atoms with Gasteiger partial charge in [0.05, 0.1) is 33.3 Å². The number of aromatic nitrogens is 2. The number of hydrogen-bond donors (Lipinski definition) is 0. The monoisotopic (exact) mass is 500 g/mol. The summed E-state index contributed by atoms with van der Waals surface area (Å²) in [7, 11) is 0. The molecule has 1 aromatic heterocycles. The normalized spacial score (nSPS) is 14.9. The topological polar surface area (TPSA) is 75.5 Å². The van der Waals surface area contributed by atoms with E-state index < -0.39 is 6.04 Å². The summed E-state index contributed by atoms with van der Waals surface area (Å²) in [5.74, 6) is 0.00824. The first kappa shape index (κ1) is 24.2. The van der Waals surface area contributed by atoms with Crippen LogP contribution in [0.1, 0.15) is 31.9 Å². The quantitative estimate of drug-likeness (QED) is 0.508. The number of amides is 1. The van der Waals surface area contributed by atoms with Gasteiger partial charge in [-0.25, -0.2) is 4.98 Å². The summed E-state index contributed by atoms with van der Waals surface area (Å²) >= 11 is 12.0. The van der Waals surface area contributed by atoms with Gasteiger partial charge >= 0.3 is 0 Å². The number of nitrogens with zero attached hydrogens (tertiary/aromatic N) is 4. The van der Waals surface area contributed by atoms with E-state index in [4.69, 9.17) is 23.2 Å². The number of benzene rings is 2. The zero-order chi connectivity index (χ0) is 24.4. The van der Waals surface area contributed by atoms with Gasteiger partial charge in [-0.15, -0.1) is 0 Å². The minimum atomic E-state index is -0.644. The van der Waals surface area contributed by atoms with Crippen molar-refractivity contribution >= 4 is 51.5 Å². The van der Waals surface area contributed by atoms with E-state index in [1.807, 2.05) is 29.2 Å². The summed E-state index contributed by atoms with van der Waals surface area (Å²) in [4.78, 5) is 46.1. The predicted molar refractivity (Wildman–Crippen MR) is 135 cm³/mol. The SMILES string of the molecule is CC(=O)N1CCN(c2ccc3ncn(C(C)C(=O)CCc4ccc(Cl)c(Cl)c4)c(=O)c3c2)CC1. The van der Waals surface area contributed by atoms with E-state index in [0.29, 0.717) is 53.5 Å². The fourth-order valence-electron chi connectivity index (χ4n) is 4.20. The van der Waals surface area contributed by atoms with Gasteiger partial charge in [-0.05, 0) is 49.2 Å². The summed E-state index contributed by atoms with van der Waals surface area (Å²) in [5.41, 5.74) is 2.16. The first-order valence-electron chi connectivity index (χ1n) is 11.2. The number of aryl methyl sites for hydroxylation is 1. The van der Waals surface area contributed by atoms with Crippen molar-refractivity contribution in [3.05, 3.63) is 68.7 Å². The second-order valence-electron chi connectivity index (χ2n) is 8.54. The van der Waals surface area contributed by atoms with Crippen LogP contribution in [-0.2, 0) is 16.0 Å². The van der Waals surface area contributed by atoms with Gasteiger partial charge in [0, 0.05) is 45.2 Å². The van der Waals surface area contributed by atoms with Crippen molar-refractivity contribution in [1.29, 1.82) is 0 Å². The molecule has 0 radical (unpaired) electrons. The largest absolute Gasteiger partial charge is 0.368 e. The molecule has 1 atom stereocenters. The lowest BCUT2D eigenvalue weighted by molar-refractivity contribution is -0.129. The summed E-state index contributed by atoms with van der Waals surface area (Å²) in [5, 5.41) is 1.39. The molecular weight excluding hydrogens is 475 g/mol. The van der Waals surface area contributed by atoms with Gasteiger partial charge in [0.15, 0.2) is 5.78 Å². The molecule has 0 bridgehead atoms. The van der Waals surface area contributed by atoms with Gasteiger partial charge < -0.3 is 9.80 Å². The Hall–Kier alpha value is -2.90. The third-order valence-corrected chi connectivity index (χ3v) is 7.12. The summed E-state index contributed by atoms with van der Waals surface area (Å²) < 4.78 is 1.40. The molecule has 1 fully saturated rings. The molecule has 2 heterocycles. The molecule has 3 aromatic rings. The number of hydrogen-bond acceptors (Lipinski definition) is 5. The van der Waals surface area contributed by atoms with Crippen LogP contribution in [0, 0.1) is 0 Å². The Balaban J connectivity index is 1.51. The van der Waals surface area contributed by atoms with Gasteiger partial charge in [-0.3, -0.25) is 19.0 Å². The zero-order valence-electron chi connectivity index (χ0n) is 19.1. The maximum absolute atomic E-state index is 13.3. The molecule has 0 aliphatic carbocycles. The second kappa shape index (κ2) is 10.2. The van der Waals surface area contributed by atoms with Crippen LogP contribution >= 0.6 is 23.2 Å². The van der Waals surface area contributed by atoms with Gasteiger partial charge in [-0.2, -0.15) is 0 Å². The van der Waals surface area contributed by atoms with E-state index >= 15 is 0 Å². The molecule has 4 rings (SSSR count). The van der Waals surface area contributed by atoms with E-state index in [2.05, 4.69) is 9.88 Å². The van der Waals surface area contributed by atoms with Crippen LogP contribution in [0.5, 0.6) is 0 Å². The molecule has 1 aliphatic heterocycles. The number of fused-ring (bicyclic) bond motifs is 1. The maximum atomic E-state index is 13.3. The Bertz CT molecular complexity index is 1300. The third-order valence-electron chi connectivity index (χ3n) is 6.38. The van der Waals surface area contributed by atoms with Crippen LogP contribution < -0.4 is 10.5 Å². The molecule has 1 saturated heterocycles. The molecule has 9 heteroatoms. The Morgan fingerprint density at radius 3 is 2.44 bits per heavy atom. The van der Waals surface area contributed by atoms with Crippen LogP contribution in [0.25, 0.3) is 10.9 Å². The molecule has 0 N–H and O–H groups in total. The highest BCUT2D eigenvalue weighted by atomic mass is 35.5. The van der Waals surface area contributed by atoms with Crippen molar-refractivity contribution in [3.8, 4) is 0 Å². The number of carbonyl (C=O) groups is 2. The summed E-state index contributed by atoms with van der Waals surface area (Å²) in [6.45, 7) is 5.99. The maximum Gasteiger partial charge on any atom is 0.261 e. The molecule has 1 aliphatic rings. The van der Waals surface area contributed by atoms with Crippen LogP contribution in [0.15, 0.2) is 47.5 Å². The fourth-order valence-corrected chi connectivity index (χ4v) is 4.52. The van der Waals surface area contributed by atoms with Crippen molar-refractivity contribution in [3.63, 3.8) is 0 Å². The Kier molecular flexibility index (Phi) is 7.24. The van der Waals surface area contributed by atoms with E-state index in [9.17, 15) is 14.4 Å². The van der Waals surface area contributed by atoms with Crippen molar-refractivity contribution < 1.29 is 9.59 Å². The number of ketones is 1.